The van der Waals surface area contributed by atoms with Gasteiger partial charge in [-0.05, 0) is 12.5 Å². The van der Waals surface area contributed by atoms with Crippen LogP contribution in [0.15, 0.2) is 12.3 Å². The van der Waals surface area contributed by atoms with Crippen LogP contribution in [0.25, 0.3) is 0 Å². The zero-order valence-electron chi connectivity index (χ0n) is 7.28. The van der Waals surface area contributed by atoms with Gasteiger partial charge >= 0.3 is 0 Å². The summed E-state index contributed by atoms with van der Waals surface area (Å²) in [6.45, 7) is 0. The van der Waals surface area contributed by atoms with Gasteiger partial charge in [-0.2, -0.15) is 5.26 Å². The number of ether oxygens (including phenoxy) is 1. The van der Waals surface area contributed by atoms with E-state index >= 15 is 0 Å². The van der Waals surface area contributed by atoms with E-state index in [1.54, 1.807) is 19.4 Å². The van der Waals surface area contributed by atoms with Crippen LogP contribution in [0, 0.1) is 23.2 Å². The predicted octanol–water partition coefficient (Wildman–Crippen LogP) is 0.175. The van der Waals surface area contributed by atoms with Crippen LogP contribution in [0.1, 0.15) is 6.42 Å². The third-order valence-electron chi connectivity index (χ3n) is 2.96. The number of methoxy groups -OCH3 is 1. The van der Waals surface area contributed by atoms with Crippen LogP contribution in [-0.4, -0.2) is 18.6 Å². The Morgan fingerprint density at radius 3 is 3.23 bits per heavy atom. The van der Waals surface area contributed by atoms with Gasteiger partial charge in [-0.15, -0.1) is 0 Å². The highest BCUT2D eigenvalue weighted by atomic mass is 16.5. The van der Waals surface area contributed by atoms with Gasteiger partial charge in [0, 0.05) is 13.3 Å². The number of amides is 1. The summed E-state index contributed by atoms with van der Waals surface area (Å²) in [5.74, 6) is -0.423. The van der Waals surface area contributed by atoms with Gasteiger partial charge in [0.1, 0.15) is 5.60 Å². The Labute approximate surface area is 76.2 Å². The van der Waals surface area contributed by atoms with E-state index in [0.717, 1.165) is 0 Å². The van der Waals surface area contributed by atoms with Crippen LogP contribution in [0.5, 0.6) is 0 Å². The molecule has 1 aliphatic heterocycles. The Hall–Kier alpha value is -1.34. The standard InChI is InChI=1S/C9H10N2O2/c1-13-9-2-3-11-8(12)7(9)4-6(9)5-10/h2-3,6-7H,4H2,1H3,(H,11,12)/t6-,7+,9-/m0/s1. The molecule has 1 aliphatic carbocycles. The lowest BCUT2D eigenvalue weighted by Gasteiger charge is -2.50. The van der Waals surface area contributed by atoms with E-state index < -0.39 is 5.60 Å². The van der Waals surface area contributed by atoms with Crippen molar-refractivity contribution in [2.45, 2.75) is 12.0 Å². The van der Waals surface area contributed by atoms with E-state index in [1.807, 2.05) is 0 Å². The maximum Gasteiger partial charge on any atom is 0.230 e. The summed E-state index contributed by atoms with van der Waals surface area (Å²) in [6.07, 6.45) is 3.93. The fourth-order valence-electron chi connectivity index (χ4n) is 2.09. The van der Waals surface area contributed by atoms with Crippen molar-refractivity contribution in [1.82, 2.24) is 5.32 Å². The quantitative estimate of drug-likeness (QED) is 0.622. The summed E-state index contributed by atoms with van der Waals surface area (Å²) in [6, 6.07) is 2.16. The average Bonchev–Trinajstić information content (AvgIpc) is 2.10. The number of rotatable bonds is 1. The molecule has 68 valence electrons. The molecule has 2 aliphatic rings. The number of carbonyl (C=O) groups excluding carboxylic acids is 1. The maximum atomic E-state index is 11.3. The highest BCUT2D eigenvalue weighted by Gasteiger charge is 2.59. The minimum Gasteiger partial charge on any atom is -0.372 e. The molecule has 0 aromatic rings. The first-order chi connectivity index (χ1) is 6.24. The number of carbonyl (C=O) groups is 1. The molecule has 0 bridgehead atoms. The molecule has 4 heteroatoms. The molecular formula is C9H10N2O2. The summed E-state index contributed by atoms with van der Waals surface area (Å²) in [7, 11) is 1.54. The van der Waals surface area contributed by atoms with Crippen molar-refractivity contribution < 1.29 is 9.53 Å². The first kappa shape index (κ1) is 8.27. The minimum atomic E-state index is -0.656. The van der Waals surface area contributed by atoms with E-state index in [9.17, 15) is 4.79 Å². The molecule has 1 heterocycles. The number of fused-ring (bicyclic) bond motifs is 1. The van der Waals surface area contributed by atoms with Gasteiger partial charge in [0.2, 0.25) is 5.91 Å². The second kappa shape index (κ2) is 2.57. The van der Waals surface area contributed by atoms with Crippen LogP contribution in [-0.2, 0) is 9.53 Å². The molecule has 1 amide bonds. The van der Waals surface area contributed by atoms with Crippen LogP contribution >= 0.6 is 0 Å². The normalized spacial score (nSPS) is 41.4. The van der Waals surface area contributed by atoms with E-state index in [0.29, 0.717) is 6.42 Å². The summed E-state index contributed by atoms with van der Waals surface area (Å²) in [5.41, 5.74) is -0.656. The lowest BCUT2D eigenvalue weighted by molar-refractivity contribution is -0.158. The molecule has 4 nitrogen and oxygen atoms in total. The molecular weight excluding hydrogens is 168 g/mol. The Balaban J connectivity index is 2.34. The van der Waals surface area contributed by atoms with E-state index in [-0.39, 0.29) is 17.7 Å². The second-order valence-corrected chi connectivity index (χ2v) is 3.37. The second-order valence-electron chi connectivity index (χ2n) is 3.37. The molecule has 0 aromatic carbocycles. The van der Waals surface area contributed by atoms with E-state index in [4.69, 9.17) is 10.00 Å². The number of hydrogen-bond donors (Lipinski definition) is 1. The first-order valence-corrected chi connectivity index (χ1v) is 4.17. The molecule has 3 atom stereocenters. The van der Waals surface area contributed by atoms with Crippen LogP contribution in [0.3, 0.4) is 0 Å². The highest BCUT2D eigenvalue weighted by Crippen LogP contribution is 2.48. The van der Waals surface area contributed by atoms with Crippen LogP contribution in [0.2, 0.25) is 0 Å². The number of nitriles is 1. The van der Waals surface area contributed by atoms with Crippen molar-refractivity contribution in [3.63, 3.8) is 0 Å². The smallest absolute Gasteiger partial charge is 0.230 e. The molecule has 1 fully saturated rings. The predicted molar refractivity (Wildman–Crippen MR) is 44.2 cm³/mol. The van der Waals surface area contributed by atoms with Crippen molar-refractivity contribution in [2.24, 2.45) is 11.8 Å². The lowest BCUT2D eigenvalue weighted by atomic mass is 9.60. The molecule has 1 saturated carbocycles. The number of nitrogens with one attached hydrogen (secondary N) is 1. The van der Waals surface area contributed by atoms with Crippen molar-refractivity contribution in [3.05, 3.63) is 12.3 Å². The molecule has 0 spiro atoms. The van der Waals surface area contributed by atoms with Crippen molar-refractivity contribution in [1.29, 1.82) is 5.26 Å². The average molecular weight is 178 g/mol. The van der Waals surface area contributed by atoms with Gasteiger partial charge in [-0.25, -0.2) is 0 Å². The van der Waals surface area contributed by atoms with E-state index in [1.165, 1.54) is 0 Å². The van der Waals surface area contributed by atoms with Gasteiger partial charge in [0.05, 0.1) is 17.9 Å². The van der Waals surface area contributed by atoms with Crippen LogP contribution < -0.4 is 5.32 Å². The van der Waals surface area contributed by atoms with Gasteiger partial charge < -0.3 is 10.1 Å². The summed E-state index contributed by atoms with van der Waals surface area (Å²) in [4.78, 5) is 11.3. The summed E-state index contributed by atoms with van der Waals surface area (Å²) in [5, 5.41) is 11.4. The fraction of sp³-hybridized carbons (Fsp3) is 0.556. The van der Waals surface area contributed by atoms with Crippen molar-refractivity contribution in [3.8, 4) is 6.07 Å². The first-order valence-electron chi connectivity index (χ1n) is 4.17. The van der Waals surface area contributed by atoms with Gasteiger partial charge in [-0.3, -0.25) is 4.79 Å². The zero-order valence-corrected chi connectivity index (χ0v) is 7.28. The number of nitrogens with zero attached hydrogens (tertiary/aromatic N) is 1. The molecule has 0 aromatic heterocycles. The lowest BCUT2D eigenvalue weighted by Crippen LogP contribution is -2.62. The molecule has 1 N–H and O–H groups in total. The SMILES string of the molecule is CO[C@]12C=CNC(=O)[C@H]1C[C@H]2C#N. The summed E-state index contributed by atoms with van der Waals surface area (Å²) >= 11 is 0. The number of hydrogen-bond acceptors (Lipinski definition) is 3. The largest absolute Gasteiger partial charge is 0.372 e. The van der Waals surface area contributed by atoms with Crippen molar-refractivity contribution in [2.75, 3.05) is 7.11 Å². The topological polar surface area (TPSA) is 62.1 Å². The fourth-order valence-corrected chi connectivity index (χ4v) is 2.09. The van der Waals surface area contributed by atoms with Gasteiger partial charge in [0.25, 0.3) is 0 Å². The molecule has 0 unspecified atom stereocenters. The minimum absolute atomic E-state index is 0.0455. The van der Waals surface area contributed by atoms with Crippen LogP contribution in [0.4, 0.5) is 0 Å². The molecule has 0 saturated heterocycles. The summed E-state index contributed by atoms with van der Waals surface area (Å²) < 4.78 is 5.28. The van der Waals surface area contributed by atoms with Gasteiger partial charge in [0.15, 0.2) is 0 Å². The third kappa shape index (κ3) is 0.850. The maximum absolute atomic E-state index is 11.3. The monoisotopic (exact) mass is 178 g/mol. The Morgan fingerprint density at radius 2 is 2.62 bits per heavy atom. The van der Waals surface area contributed by atoms with Crippen molar-refractivity contribution >= 4 is 5.91 Å². The Bertz CT molecular complexity index is 318. The Morgan fingerprint density at radius 1 is 1.85 bits per heavy atom. The van der Waals surface area contributed by atoms with Gasteiger partial charge in [-0.1, -0.05) is 0 Å². The van der Waals surface area contributed by atoms with E-state index in [2.05, 4.69) is 11.4 Å². The molecule has 2 rings (SSSR count). The third-order valence-corrected chi connectivity index (χ3v) is 2.96. The zero-order chi connectivity index (χ0) is 9.47. The highest BCUT2D eigenvalue weighted by molar-refractivity contribution is 5.84. The molecule has 0 radical (unpaired) electrons. The Kier molecular flexibility index (Phi) is 1.64. The molecule has 13 heavy (non-hydrogen) atoms.